The van der Waals surface area contributed by atoms with Crippen LogP contribution in [0.3, 0.4) is 0 Å². The Hall–Kier alpha value is -1.31. The average Bonchev–Trinajstić information content (AvgIpc) is 2.81. The Balaban J connectivity index is 1.94. The fourth-order valence-electron chi connectivity index (χ4n) is 3.78. The van der Waals surface area contributed by atoms with Gasteiger partial charge in [-0.05, 0) is 55.7 Å². The highest BCUT2D eigenvalue weighted by Gasteiger charge is 2.56. The van der Waals surface area contributed by atoms with E-state index < -0.39 is 0 Å². The van der Waals surface area contributed by atoms with Gasteiger partial charge in [-0.3, -0.25) is 4.79 Å². The van der Waals surface area contributed by atoms with E-state index in [1.165, 1.54) is 19.3 Å². The number of fused-ring (bicyclic) bond motifs is 1. The summed E-state index contributed by atoms with van der Waals surface area (Å²) in [7, 11) is 1.65. The Morgan fingerprint density at radius 1 is 1.22 bits per heavy atom. The van der Waals surface area contributed by atoms with E-state index in [0.717, 1.165) is 22.4 Å². The molecule has 18 heavy (non-hydrogen) atoms. The van der Waals surface area contributed by atoms with Crippen molar-refractivity contribution in [1.82, 2.24) is 0 Å². The van der Waals surface area contributed by atoms with Crippen molar-refractivity contribution in [1.29, 1.82) is 0 Å². The molecule has 96 valence electrons. The molecule has 0 bridgehead atoms. The van der Waals surface area contributed by atoms with Gasteiger partial charge in [0, 0.05) is 5.92 Å². The summed E-state index contributed by atoms with van der Waals surface area (Å²) in [5.74, 6) is 2.70. The fourth-order valence-corrected chi connectivity index (χ4v) is 3.78. The summed E-state index contributed by atoms with van der Waals surface area (Å²) < 4.78 is 5.41. The van der Waals surface area contributed by atoms with Gasteiger partial charge >= 0.3 is 0 Å². The van der Waals surface area contributed by atoms with Gasteiger partial charge in [0.2, 0.25) is 0 Å². The standard InChI is InChI=1S/C16H20O2/c1-9-7-10(2)14(13(8-9)18-3)16(17)15-11-5-4-6-12(11)15/h7-8,11-12,15H,4-6H2,1-3H3. The summed E-state index contributed by atoms with van der Waals surface area (Å²) in [5, 5.41) is 0. The maximum absolute atomic E-state index is 12.7. The summed E-state index contributed by atoms with van der Waals surface area (Å²) >= 11 is 0. The zero-order chi connectivity index (χ0) is 12.9. The van der Waals surface area contributed by atoms with Crippen LogP contribution in [0.2, 0.25) is 0 Å². The molecule has 2 saturated carbocycles. The molecular weight excluding hydrogens is 224 g/mol. The number of methoxy groups -OCH3 is 1. The lowest BCUT2D eigenvalue weighted by molar-refractivity contribution is 0.0948. The second-order valence-electron chi connectivity index (χ2n) is 5.81. The number of ether oxygens (including phenoxy) is 1. The molecule has 0 heterocycles. The summed E-state index contributed by atoms with van der Waals surface area (Å²) in [6.45, 7) is 4.05. The quantitative estimate of drug-likeness (QED) is 0.760. The van der Waals surface area contributed by atoms with Gasteiger partial charge < -0.3 is 4.74 Å². The van der Waals surface area contributed by atoms with E-state index in [1.54, 1.807) is 7.11 Å². The number of rotatable bonds is 3. The summed E-state index contributed by atoms with van der Waals surface area (Å²) in [5.41, 5.74) is 3.03. The maximum atomic E-state index is 12.7. The summed E-state index contributed by atoms with van der Waals surface area (Å²) in [6, 6.07) is 4.05. The second-order valence-corrected chi connectivity index (χ2v) is 5.81. The summed E-state index contributed by atoms with van der Waals surface area (Å²) in [6.07, 6.45) is 3.80. The van der Waals surface area contributed by atoms with Gasteiger partial charge in [0.1, 0.15) is 5.75 Å². The van der Waals surface area contributed by atoms with Crippen LogP contribution in [0, 0.1) is 31.6 Å². The molecule has 2 heteroatoms. The van der Waals surface area contributed by atoms with E-state index in [1.807, 2.05) is 19.9 Å². The molecule has 3 rings (SSSR count). The van der Waals surface area contributed by atoms with Crippen molar-refractivity contribution in [2.45, 2.75) is 33.1 Å². The molecule has 0 saturated heterocycles. The van der Waals surface area contributed by atoms with E-state index in [2.05, 4.69) is 6.07 Å². The van der Waals surface area contributed by atoms with Gasteiger partial charge in [-0.15, -0.1) is 0 Å². The topological polar surface area (TPSA) is 26.3 Å². The number of Topliss-reactive ketones (excluding diaryl/α,β-unsaturated/α-hetero) is 1. The molecular formula is C16H20O2. The van der Waals surface area contributed by atoms with Crippen molar-refractivity contribution in [2.24, 2.45) is 17.8 Å². The third kappa shape index (κ3) is 1.66. The van der Waals surface area contributed by atoms with Crippen molar-refractivity contribution in [3.8, 4) is 5.75 Å². The van der Waals surface area contributed by atoms with E-state index in [0.29, 0.717) is 17.6 Å². The SMILES string of the molecule is COc1cc(C)cc(C)c1C(=O)C1C2CCCC21. The minimum atomic E-state index is 0.286. The summed E-state index contributed by atoms with van der Waals surface area (Å²) in [4.78, 5) is 12.7. The van der Waals surface area contributed by atoms with Crippen LogP contribution in [0.15, 0.2) is 12.1 Å². The maximum Gasteiger partial charge on any atom is 0.170 e. The molecule has 1 aromatic carbocycles. The van der Waals surface area contributed by atoms with Crippen LogP contribution in [0.5, 0.6) is 5.75 Å². The molecule has 0 amide bonds. The molecule has 0 aliphatic heterocycles. The Morgan fingerprint density at radius 2 is 1.89 bits per heavy atom. The highest BCUT2D eigenvalue weighted by Crippen LogP contribution is 2.59. The van der Waals surface area contributed by atoms with Crippen LogP contribution in [0.1, 0.15) is 40.7 Å². The van der Waals surface area contributed by atoms with Crippen LogP contribution in [0.25, 0.3) is 0 Å². The highest BCUT2D eigenvalue weighted by atomic mass is 16.5. The lowest BCUT2D eigenvalue weighted by atomic mass is 9.95. The normalized spacial score (nSPS) is 28.9. The number of hydrogen-bond acceptors (Lipinski definition) is 2. The predicted molar refractivity (Wildman–Crippen MR) is 71.1 cm³/mol. The molecule has 1 aromatic rings. The predicted octanol–water partition coefficient (Wildman–Crippen LogP) is 3.54. The fraction of sp³-hybridized carbons (Fsp3) is 0.562. The molecule has 2 aliphatic rings. The van der Waals surface area contributed by atoms with Gasteiger partial charge in [-0.25, -0.2) is 0 Å². The first-order chi connectivity index (χ1) is 8.63. The smallest absolute Gasteiger partial charge is 0.170 e. The first-order valence-corrected chi connectivity index (χ1v) is 6.83. The van der Waals surface area contributed by atoms with Crippen molar-refractivity contribution >= 4 is 5.78 Å². The van der Waals surface area contributed by atoms with E-state index >= 15 is 0 Å². The molecule has 2 aliphatic carbocycles. The third-order valence-electron chi connectivity index (χ3n) is 4.62. The first-order valence-electron chi connectivity index (χ1n) is 6.83. The van der Waals surface area contributed by atoms with Gasteiger partial charge in [0.25, 0.3) is 0 Å². The Labute approximate surface area is 108 Å². The van der Waals surface area contributed by atoms with E-state index in [4.69, 9.17) is 4.74 Å². The number of ketones is 1. The van der Waals surface area contributed by atoms with Crippen molar-refractivity contribution < 1.29 is 9.53 Å². The van der Waals surface area contributed by atoms with Crippen molar-refractivity contribution in [3.63, 3.8) is 0 Å². The Morgan fingerprint density at radius 3 is 2.50 bits per heavy atom. The lowest BCUT2D eigenvalue weighted by Crippen LogP contribution is -2.10. The molecule has 0 radical (unpaired) electrons. The molecule has 0 N–H and O–H groups in total. The lowest BCUT2D eigenvalue weighted by Gasteiger charge is -2.13. The van der Waals surface area contributed by atoms with Gasteiger partial charge in [0.05, 0.1) is 12.7 Å². The number of carbonyl (C=O) groups is 1. The van der Waals surface area contributed by atoms with Gasteiger partial charge in [-0.1, -0.05) is 12.5 Å². The number of hydrogen-bond donors (Lipinski definition) is 0. The minimum Gasteiger partial charge on any atom is -0.496 e. The van der Waals surface area contributed by atoms with Crippen LogP contribution in [-0.2, 0) is 0 Å². The monoisotopic (exact) mass is 244 g/mol. The molecule has 0 spiro atoms. The van der Waals surface area contributed by atoms with Crippen LogP contribution in [-0.4, -0.2) is 12.9 Å². The van der Waals surface area contributed by atoms with Gasteiger partial charge in [0.15, 0.2) is 5.78 Å². The molecule has 2 atom stereocenters. The number of benzene rings is 1. The van der Waals surface area contributed by atoms with Crippen molar-refractivity contribution in [3.05, 3.63) is 28.8 Å². The average molecular weight is 244 g/mol. The molecule has 2 nitrogen and oxygen atoms in total. The largest absolute Gasteiger partial charge is 0.496 e. The first kappa shape index (κ1) is 11.8. The Bertz CT molecular complexity index is 494. The Kier molecular flexibility index (Phi) is 2.69. The van der Waals surface area contributed by atoms with Crippen LogP contribution >= 0.6 is 0 Å². The van der Waals surface area contributed by atoms with E-state index in [-0.39, 0.29) is 5.92 Å². The van der Waals surface area contributed by atoms with Crippen LogP contribution in [0.4, 0.5) is 0 Å². The third-order valence-corrected chi connectivity index (χ3v) is 4.62. The zero-order valence-corrected chi connectivity index (χ0v) is 11.3. The minimum absolute atomic E-state index is 0.286. The number of aryl methyl sites for hydroxylation is 2. The molecule has 2 fully saturated rings. The zero-order valence-electron chi connectivity index (χ0n) is 11.3. The second kappa shape index (κ2) is 4.11. The van der Waals surface area contributed by atoms with Crippen LogP contribution < -0.4 is 4.74 Å². The van der Waals surface area contributed by atoms with Crippen molar-refractivity contribution in [2.75, 3.05) is 7.11 Å². The van der Waals surface area contributed by atoms with E-state index in [9.17, 15) is 4.79 Å². The molecule has 0 aromatic heterocycles. The van der Waals surface area contributed by atoms with Gasteiger partial charge in [-0.2, -0.15) is 0 Å². The number of carbonyl (C=O) groups excluding carboxylic acids is 1. The highest BCUT2D eigenvalue weighted by molar-refractivity contribution is 6.03. The molecule has 2 unspecified atom stereocenters.